The molecular weight excluding hydrogens is 204 g/mol. The van der Waals surface area contributed by atoms with E-state index < -0.39 is 0 Å². The molecule has 3 N–H and O–H groups in total. The van der Waals surface area contributed by atoms with Gasteiger partial charge in [-0.15, -0.1) is 0 Å². The quantitative estimate of drug-likeness (QED) is 0.685. The summed E-state index contributed by atoms with van der Waals surface area (Å²) in [5.74, 6) is 0.252. The van der Waals surface area contributed by atoms with Gasteiger partial charge < -0.3 is 15.7 Å². The Balaban J connectivity index is 2.28. The summed E-state index contributed by atoms with van der Waals surface area (Å²) in [6, 6.07) is 0.0310. The smallest absolute Gasteiger partial charge is 0.315 e. The van der Waals surface area contributed by atoms with Crippen molar-refractivity contribution in [3.8, 4) is 0 Å². The van der Waals surface area contributed by atoms with Crippen LogP contribution in [0.3, 0.4) is 0 Å². The molecule has 0 radical (unpaired) electrons. The van der Waals surface area contributed by atoms with Crippen molar-refractivity contribution in [1.29, 1.82) is 0 Å². The number of aliphatic hydroxyl groups is 1. The molecular formula is C12H24N2O2. The highest BCUT2D eigenvalue weighted by Gasteiger charge is 2.19. The third-order valence-electron chi connectivity index (χ3n) is 3.26. The first-order valence-electron chi connectivity index (χ1n) is 6.31. The molecule has 1 saturated carbocycles. The molecule has 0 saturated heterocycles. The lowest BCUT2D eigenvalue weighted by molar-refractivity contribution is 0.194. The Kier molecular flexibility index (Phi) is 5.60. The normalized spacial score (nSPS) is 19.5. The Labute approximate surface area is 97.8 Å². The summed E-state index contributed by atoms with van der Waals surface area (Å²) in [4.78, 5) is 11.7. The molecule has 1 aliphatic rings. The summed E-state index contributed by atoms with van der Waals surface area (Å²) >= 11 is 0. The van der Waals surface area contributed by atoms with E-state index >= 15 is 0 Å². The average Bonchev–Trinajstić information content (AvgIpc) is 2.27. The molecule has 94 valence electrons. The lowest BCUT2D eigenvalue weighted by Crippen LogP contribution is -2.49. The molecule has 4 nitrogen and oxygen atoms in total. The Morgan fingerprint density at radius 1 is 1.31 bits per heavy atom. The fourth-order valence-electron chi connectivity index (χ4n) is 2.07. The maximum Gasteiger partial charge on any atom is 0.315 e. The van der Waals surface area contributed by atoms with Gasteiger partial charge in [-0.3, -0.25) is 0 Å². The minimum Gasteiger partial charge on any atom is -0.394 e. The highest BCUT2D eigenvalue weighted by molar-refractivity contribution is 5.74. The molecule has 0 aromatic heterocycles. The maximum absolute atomic E-state index is 11.7. The van der Waals surface area contributed by atoms with Gasteiger partial charge in [0.15, 0.2) is 0 Å². The summed E-state index contributed by atoms with van der Waals surface area (Å²) in [6.07, 6.45) is 5.86. The van der Waals surface area contributed by atoms with E-state index in [-0.39, 0.29) is 24.6 Å². The van der Waals surface area contributed by atoms with Gasteiger partial charge in [-0.2, -0.15) is 0 Å². The molecule has 0 bridgehead atoms. The molecule has 1 unspecified atom stereocenters. The van der Waals surface area contributed by atoms with Crippen LogP contribution in [0.2, 0.25) is 0 Å². The third-order valence-corrected chi connectivity index (χ3v) is 3.26. The zero-order valence-electron chi connectivity index (χ0n) is 10.3. The molecule has 16 heavy (non-hydrogen) atoms. The lowest BCUT2D eigenvalue weighted by Gasteiger charge is -2.25. The number of nitrogens with one attached hydrogen (secondary N) is 2. The van der Waals surface area contributed by atoms with Gasteiger partial charge in [0.1, 0.15) is 0 Å². The molecule has 1 atom stereocenters. The van der Waals surface area contributed by atoms with Crippen molar-refractivity contribution in [3.05, 3.63) is 0 Å². The molecule has 0 aliphatic heterocycles. The second kappa shape index (κ2) is 6.74. The van der Waals surface area contributed by atoms with E-state index in [9.17, 15) is 4.79 Å². The van der Waals surface area contributed by atoms with E-state index in [0.29, 0.717) is 6.04 Å². The number of aliphatic hydroxyl groups excluding tert-OH is 1. The first kappa shape index (κ1) is 13.3. The van der Waals surface area contributed by atoms with Gasteiger partial charge in [0.25, 0.3) is 0 Å². The van der Waals surface area contributed by atoms with E-state index in [1.165, 1.54) is 19.3 Å². The second-order valence-corrected chi connectivity index (χ2v) is 4.99. The molecule has 0 heterocycles. The minimum absolute atomic E-state index is 0.00421. The molecule has 0 aromatic rings. The van der Waals surface area contributed by atoms with Crippen LogP contribution in [0.4, 0.5) is 4.79 Å². The van der Waals surface area contributed by atoms with E-state index in [4.69, 9.17) is 5.11 Å². The highest BCUT2D eigenvalue weighted by atomic mass is 16.3. The minimum atomic E-state index is -0.149. The van der Waals surface area contributed by atoms with Crippen LogP contribution in [-0.2, 0) is 0 Å². The molecule has 2 amide bonds. The SMILES string of the molecule is CC(C)C(CO)NC(=O)NC1CCCCC1. The summed E-state index contributed by atoms with van der Waals surface area (Å²) in [5, 5.41) is 14.9. The van der Waals surface area contributed by atoms with Crippen molar-refractivity contribution < 1.29 is 9.90 Å². The fraction of sp³-hybridized carbons (Fsp3) is 0.917. The first-order chi connectivity index (χ1) is 7.63. The molecule has 4 heteroatoms. The zero-order valence-corrected chi connectivity index (χ0v) is 10.3. The first-order valence-corrected chi connectivity index (χ1v) is 6.31. The summed E-state index contributed by atoms with van der Waals surface area (Å²) in [6.45, 7) is 3.97. The largest absolute Gasteiger partial charge is 0.394 e. The lowest BCUT2D eigenvalue weighted by atomic mass is 9.96. The molecule has 1 fully saturated rings. The monoisotopic (exact) mass is 228 g/mol. The number of rotatable bonds is 4. The van der Waals surface area contributed by atoms with Crippen LogP contribution < -0.4 is 10.6 Å². The predicted octanol–water partition coefficient (Wildman–Crippen LogP) is 1.64. The van der Waals surface area contributed by atoms with Crippen molar-refractivity contribution in [3.63, 3.8) is 0 Å². The van der Waals surface area contributed by atoms with E-state index in [2.05, 4.69) is 10.6 Å². The van der Waals surface area contributed by atoms with Gasteiger partial charge in [0.2, 0.25) is 0 Å². The Bertz CT molecular complexity index is 213. The van der Waals surface area contributed by atoms with Crippen LogP contribution in [0, 0.1) is 5.92 Å². The molecule has 0 aromatic carbocycles. The van der Waals surface area contributed by atoms with Crippen molar-refractivity contribution in [2.24, 2.45) is 5.92 Å². The van der Waals surface area contributed by atoms with Crippen LogP contribution in [-0.4, -0.2) is 29.8 Å². The maximum atomic E-state index is 11.7. The predicted molar refractivity (Wildman–Crippen MR) is 64.3 cm³/mol. The van der Waals surface area contributed by atoms with Crippen LogP contribution in [0.25, 0.3) is 0 Å². The fourth-order valence-corrected chi connectivity index (χ4v) is 2.07. The zero-order chi connectivity index (χ0) is 12.0. The number of carbonyl (C=O) groups is 1. The Morgan fingerprint density at radius 3 is 2.44 bits per heavy atom. The Morgan fingerprint density at radius 2 is 1.94 bits per heavy atom. The standard InChI is InChI=1S/C12H24N2O2/c1-9(2)11(8-15)14-12(16)13-10-6-4-3-5-7-10/h9-11,15H,3-8H2,1-2H3,(H2,13,14,16). The van der Waals surface area contributed by atoms with E-state index in [0.717, 1.165) is 12.8 Å². The molecule has 1 rings (SSSR count). The number of urea groups is 1. The van der Waals surface area contributed by atoms with Gasteiger partial charge in [-0.1, -0.05) is 33.1 Å². The van der Waals surface area contributed by atoms with Crippen LogP contribution in [0.5, 0.6) is 0 Å². The van der Waals surface area contributed by atoms with Crippen molar-refractivity contribution in [2.45, 2.75) is 58.0 Å². The summed E-state index contributed by atoms with van der Waals surface area (Å²) < 4.78 is 0. The van der Waals surface area contributed by atoms with Gasteiger partial charge in [-0.05, 0) is 18.8 Å². The summed E-state index contributed by atoms with van der Waals surface area (Å²) in [7, 11) is 0. The van der Waals surface area contributed by atoms with Gasteiger partial charge in [0, 0.05) is 6.04 Å². The molecule has 1 aliphatic carbocycles. The van der Waals surface area contributed by atoms with Crippen molar-refractivity contribution in [1.82, 2.24) is 10.6 Å². The van der Waals surface area contributed by atoms with Gasteiger partial charge in [0.05, 0.1) is 12.6 Å². The summed E-state index contributed by atoms with van der Waals surface area (Å²) in [5.41, 5.74) is 0. The van der Waals surface area contributed by atoms with Crippen molar-refractivity contribution >= 4 is 6.03 Å². The van der Waals surface area contributed by atoms with Crippen LogP contribution >= 0.6 is 0 Å². The van der Waals surface area contributed by atoms with E-state index in [1.54, 1.807) is 0 Å². The van der Waals surface area contributed by atoms with Gasteiger partial charge in [-0.25, -0.2) is 4.79 Å². The van der Waals surface area contributed by atoms with Gasteiger partial charge >= 0.3 is 6.03 Å². The second-order valence-electron chi connectivity index (χ2n) is 4.99. The number of carbonyl (C=O) groups excluding carboxylic acids is 1. The molecule has 0 spiro atoms. The van der Waals surface area contributed by atoms with E-state index in [1.807, 2.05) is 13.8 Å². The number of hydrogen-bond acceptors (Lipinski definition) is 2. The third kappa shape index (κ3) is 4.39. The average molecular weight is 228 g/mol. The topological polar surface area (TPSA) is 61.4 Å². The number of amides is 2. The number of hydrogen-bond donors (Lipinski definition) is 3. The van der Waals surface area contributed by atoms with Crippen molar-refractivity contribution in [2.75, 3.05) is 6.61 Å². The highest BCUT2D eigenvalue weighted by Crippen LogP contribution is 2.17. The van der Waals surface area contributed by atoms with Crippen LogP contribution in [0.15, 0.2) is 0 Å². The Hall–Kier alpha value is -0.770. The van der Waals surface area contributed by atoms with Crippen LogP contribution in [0.1, 0.15) is 46.0 Å².